The third kappa shape index (κ3) is 3.49. The highest BCUT2D eigenvalue weighted by molar-refractivity contribution is 6.14. The van der Waals surface area contributed by atoms with Crippen molar-refractivity contribution in [2.75, 3.05) is 11.4 Å². The molecule has 3 rings (SSSR count). The number of carbonyl (C=O) groups is 2. The fraction of sp³-hybridized carbons (Fsp3) is 0.0909. The number of carboxylic acid groups (broad SMARTS) is 1. The highest BCUT2D eigenvalue weighted by atomic mass is 16.4. The Morgan fingerprint density at radius 3 is 1.88 bits per heavy atom. The minimum absolute atomic E-state index is 0.0149. The zero-order valence-electron chi connectivity index (χ0n) is 14.4. The highest BCUT2D eigenvalue weighted by Gasteiger charge is 2.17. The lowest BCUT2D eigenvalue weighted by molar-refractivity contribution is 0.0693. The van der Waals surface area contributed by atoms with E-state index in [1.165, 1.54) is 6.07 Å². The number of ketones is 1. The summed E-state index contributed by atoms with van der Waals surface area (Å²) in [5, 5.41) is 9.28. The third-order valence-corrected chi connectivity index (χ3v) is 4.23. The molecule has 3 aromatic carbocycles. The summed E-state index contributed by atoms with van der Waals surface area (Å²) in [4.78, 5) is 26.2. The van der Waals surface area contributed by atoms with Gasteiger partial charge >= 0.3 is 5.97 Å². The number of rotatable bonds is 6. The van der Waals surface area contributed by atoms with E-state index < -0.39 is 5.97 Å². The van der Waals surface area contributed by atoms with Gasteiger partial charge in [0.05, 0.1) is 5.56 Å². The lowest BCUT2D eigenvalue weighted by Gasteiger charge is -2.23. The van der Waals surface area contributed by atoms with E-state index in [4.69, 9.17) is 0 Å². The van der Waals surface area contributed by atoms with E-state index in [0.29, 0.717) is 5.56 Å². The van der Waals surface area contributed by atoms with Gasteiger partial charge in [-0.2, -0.15) is 0 Å². The molecule has 130 valence electrons. The van der Waals surface area contributed by atoms with Gasteiger partial charge < -0.3 is 10.0 Å². The van der Waals surface area contributed by atoms with Crippen LogP contribution in [-0.4, -0.2) is 23.4 Å². The van der Waals surface area contributed by atoms with Gasteiger partial charge in [-0.1, -0.05) is 36.4 Å². The van der Waals surface area contributed by atoms with Crippen molar-refractivity contribution in [3.05, 3.63) is 95.6 Å². The van der Waals surface area contributed by atoms with E-state index in [0.717, 1.165) is 17.9 Å². The fourth-order valence-corrected chi connectivity index (χ4v) is 2.94. The predicted molar refractivity (Wildman–Crippen MR) is 102 cm³/mol. The molecular formula is C22H19NO3. The molecule has 0 saturated heterocycles. The molecule has 0 aromatic heterocycles. The standard InChI is InChI=1S/C22H19NO3/c1-2-23(17-8-4-3-5-9-17)18-14-12-16(13-15-18)21(24)19-10-6-7-11-20(19)22(25)26/h3-15H,2H2,1H3,(H,25,26). The van der Waals surface area contributed by atoms with Crippen LogP contribution in [-0.2, 0) is 0 Å². The van der Waals surface area contributed by atoms with Gasteiger partial charge in [0.2, 0.25) is 0 Å². The van der Waals surface area contributed by atoms with Crippen LogP contribution < -0.4 is 4.90 Å². The third-order valence-electron chi connectivity index (χ3n) is 4.23. The number of hydrogen-bond donors (Lipinski definition) is 1. The molecule has 0 bridgehead atoms. The Bertz CT molecular complexity index is 918. The fourth-order valence-electron chi connectivity index (χ4n) is 2.94. The van der Waals surface area contributed by atoms with Crippen LogP contribution >= 0.6 is 0 Å². The van der Waals surface area contributed by atoms with Gasteiger partial charge in [0, 0.05) is 29.0 Å². The topological polar surface area (TPSA) is 57.6 Å². The maximum absolute atomic E-state index is 12.7. The second-order valence-electron chi connectivity index (χ2n) is 5.81. The van der Waals surface area contributed by atoms with Crippen LogP contribution in [0.25, 0.3) is 0 Å². The van der Waals surface area contributed by atoms with Crippen LogP contribution in [0.5, 0.6) is 0 Å². The van der Waals surface area contributed by atoms with Crippen molar-refractivity contribution in [3.63, 3.8) is 0 Å². The van der Waals surface area contributed by atoms with Crippen molar-refractivity contribution in [2.24, 2.45) is 0 Å². The van der Waals surface area contributed by atoms with E-state index in [1.54, 1.807) is 30.3 Å². The molecule has 26 heavy (non-hydrogen) atoms. The first-order valence-corrected chi connectivity index (χ1v) is 8.41. The van der Waals surface area contributed by atoms with E-state index in [1.807, 2.05) is 42.5 Å². The van der Waals surface area contributed by atoms with Crippen LogP contribution in [0, 0.1) is 0 Å². The van der Waals surface area contributed by atoms with E-state index >= 15 is 0 Å². The molecule has 0 unspecified atom stereocenters. The average molecular weight is 345 g/mol. The van der Waals surface area contributed by atoms with Crippen LogP contribution in [0.2, 0.25) is 0 Å². The lowest BCUT2D eigenvalue weighted by atomic mass is 9.98. The van der Waals surface area contributed by atoms with Crippen molar-refractivity contribution in [1.29, 1.82) is 0 Å². The van der Waals surface area contributed by atoms with Crippen molar-refractivity contribution < 1.29 is 14.7 Å². The summed E-state index contributed by atoms with van der Waals surface area (Å²) in [6, 6.07) is 23.5. The van der Waals surface area contributed by atoms with Crippen LogP contribution in [0.1, 0.15) is 33.2 Å². The molecule has 4 nitrogen and oxygen atoms in total. The van der Waals surface area contributed by atoms with E-state index in [9.17, 15) is 14.7 Å². The van der Waals surface area contributed by atoms with Gasteiger partial charge in [-0.15, -0.1) is 0 Å². The monoisotopic (exact) mass is 345 g/mol. The lowest BCUT2D eigenvalue weighted by Crippen LogP contribution is -2.16. The minimum atomic E-state index is -1.10. The minimum Gasteiger partial charge on any atom is -0.478 e. The molecule has 0 spiro atoms. The molecule has 0 fully saturated rings. The Morgan fingerprint density at radius 2 is 1.31 bits per heavy atom. The molecular weight excluding hydrogens is 326 g/mol. The number of nitrogens with zero attached hydrogens (tertiary/aromatic N) is 1. The summed E-state index contributed by atoms with van der Waals surface area (Å²) in [6.45, 7) is 2.86. The summed E-state index contributed by atoms with van der Waals surface area (Å²) in [6.07, 6.45) is 0. The van der Waals surface area contributed by atoms with Gasteiger partial charge in [-0.25, -0.2) is 4.79 Å². The van der Waals surface area contributed by atoms with E-state index in [2.05, 4.69) is 11.8 Å². The molecule has 0 saturated carbocycles. The summed E-state index contributed by atoms with van der Waals surface area (Å²) >= 11 is 0. The summed E-state index contributed by atoms with van der Waals surface area (Å²) in [5.41, 5.74) is 2.72. The molecule has 0 aliphatic rings. The van der Waals surface area contributed by atoms with Gasteiger partial charge in [0.15, 0.2) is 5.78 Å². The molecule has 0 heterocycles. The maximum Gasteiger partial charge on any atom is 0.336 e. The first-order valence-electron chi connectivity index (χ1n) is 8.41. The second kappa shape index (κ2) is 7.66. The Morgan fingerprint density at radius 1 is 0.769 bits per heavy atom. The van der Waals surface area contributed by atoms with Crippen LogP contribution in [0.4, 0.5) is 11.4 Å². The second-order valence-corrected chi connectivity index (χ2v) is 5.81. The van der Waals surface area contributed by atoms with Crippen LogP contribution in [0.15, 0.2) is 78.9 Å². The van der Waals surface area contributed by atoms with Gasteiger partial charge in [-0.05, 0) is 49.4 Å². The zero-order valence-corrected chi connectivity index (χ0v) is 14.4. The molecule has 4 heteroatoms. The van der Waals surface area contributed by atoms with Gasteiger partial charge in [-0.3, -0.25) is 4.79 Å². The SMILES string of the molecule is CCN(c1ccccc1)c1ccc(C(=O)c2ccccc2C(=O)O)cc1. The van der Waals surface area contributed by atoms with Gasteiger partial charge in [0.1, 0.15) is 0 Å². The maximum atomic E-state index is 12.7. The number of aromatic carboxylic acids is 1. The first kappa shape index (κ1) is 17.4. The van der Waals surface area contributed by atoms with Crippen molar-refractivity contribution in [3.8, 4) is 0 Å². The number of anilines is 2. The summed E-state index contributed by atoms with van der Waals surface area (Å²) in [7, 11) is 0. The Balaban J connectivity index is 1.90. The Hall–Kier alpha value is -3.40. The molecule has 0 amide bonds. The molecule has 0 atom stereocenters. The largest absolute Gasteiger partial charge is 0.478 e. The first-order chi connectivity index (χ1) is 12.6. The quantitative estimate of drug-likeness (QED) is 0.654. The highest BCUT2D eigenvalue weighted by Crippen LogP contribution is 2.26. The van der Waals surface area contributed by atoms with Crippen molar-refractivity contribution in [2.45, 2.75) is 6.92 Å². The Kier molecular flexibility index (Phi) is 5.13. The predicted octanol–water partition coefficient (Wildman–Crippen LogP) is 4.77. The zero-order chi connectivity index (χ0) is 18.5. The normalized spacial score (nSPS) is 10.3. The molecule has 0 radical (unpaired) electrons. The molecule has 1 N–H and O–H groups in total. The van der Waals surface area contributed by atoms with Gasteiger partial charge in [0.25, 0.3) is 0 Å². The van der Waals surface area contributed by atoms with Crippen molar-refractivity contribution >= 4 is 23.1 Å². The molecule has 3 aromatic rings. The smallest absolute Gasteiger partial charge is 0.336 e. The number of carbonyl (C=O) groups excluding carboxylic acids is 1. The summed E-state index contributed by atoms with van der Waals surface area (Å²) < 4.78 is 0. The van der Waals surface area contributed by atoms with E-state index in [-0.39, 0.29) is 16.9 Å². The summed E-state index contributed by atoms with van der Waals surface area (Å²) in [5.74, 6) is -1.40. The average Bonchev–Trinajstić information content (AvgIpc) is 2.69. The van der Waals surface area contributed by atoms with Crippen molar-refractivity contribution in [1.82, 2.24) is 0 Å². The molecule has 0 aliphatic heterocycles. The van der Waals surface area contributed by atoms with Crippen LogP contribution in [0.3, 0.4) is 0 Å². The number of para-hydroxylation sites is 1. The molecule has 0 aliphatic carbocycles. The number of hydrogen-bond acceptors (Lipinski definition) is 3. The number of carboxylic acids is 1. The number of benzene rings is 3. The Labute approximate surface area is 152 Å².